The van der Waals surface area contributed by atoms with Gasteiger partial charge in [0.15, 0.2) is 12.2 Å². The molecule has 0 aromatic heterocycles. The number of esters is 4. The van der Waals surface area contributed by atoms with E-state index in [0.29, 0.717) is 25.7 Å². The summed E-state index contributed by atoms with van der Waals surface area (Å²) in [6.45, 7) is 9.57. The Labute approximate surface area is 588 Å². The summed E-state index contributed by atoms with van der Waals surface area (Å²) in [6.07, 6.45) is 57.0. The number of hydrogen-bond acceptors (Lipinski definition) is 15. The van der Waals surface area contributed by atoms with E-state index in [9.17, 15) is 43.2 Å². The maximum Gasteiger partial charge on any atom is 0.472 e. The van der Waals surface area contributed by atoms with Gasteiger partial charge in [0.1, 0.15) is 19.3 Å². The molecule has 0 heterocycles. The lowest BCUT2D eigenvalue weighted by Gasteiger charge is -2.21. The second kappa shape index (κ2) is 68.8. The fourth-order valence-electron chi connectivity index (χ4n) is 11.8. The zero-order chi connectivity index (χ0) is 70.7. The first-order valence-electron chi connectivity index (χ1n) is 40.0. The van der Waals surface area contributed by atoms with Crippen molar-refractivity contribution in [3.05, 3.63) is 0 Å². The number of carbonyl (C=O) groups is 4. The lowest BCUT2D eigenvalue weighted by Crippen LogP contribution is -2.30. The number of carbonyl (C=O) groups excluding carboxylic acids is 4. The Kier molecular flexibility index (Phi) is 67.4. The molecule has 0 bridgehead atoms. The molecule has 0 aliphatic rings. The summed E-state index contributed by atoms with van der Waals surface area (Å²) < 4.78 is 68.5. The number of aliphatic hydroxyl groups excluding tert-OH is 1. The Morgan fingerprint density at radius 1 is 0.302 bits per heavy atom. The van der Waals surface area contributed by atoms with E-state index < -0.39 is 97.5 Å². The van der Waals surface area contributed by atoms with Gasteiger partial charge in [0, 0.05) is 25.7 Å². The molecule has 0 radical (unpaired) electrons. The fourth-order valence-corrected chi connectivity index (χ4v) is 13.4. The minimum absolute atomic E-state index is 0.103. The normalized spacial score (nSPS) is 14.3. The molecule has 17 nitrogen and oxygen atoms in total. The molecule has 19 heteroatoms. The number of ether oxygens (including phenoxy) is 4. The van der Waals surface area contributed by atoms with Crippen LogP contribution >= 0.6 is 15.6 Å². The van der Waals surface area contributed by atoms with E-state index in [4.69, 9.17) is 37.0 Å². The highest BCUT2D eigenvalue weighted by Crippen LogP contribution is 2.45. The third-order valence-corrected chi connectivity index (χ3v) is 20.2. The van der Waals surface area contributed by atoms with E-state index in [0.717, 1.165) is 102 Å². The van der Waals surface area contributed by atoms with E-state index in [1.807, 2.05) is 0 Å². The Morgan fingerprint density at radius 2 is 0.531 bits per heavy atom. The lowest BCUT2D eigenvalue weighted by molar-refractivity contribution is -0.161. The van der Waals surface area contributed by atoms with Crippen LogP contribution in [0.1, 0.15) is 401 Å². The van der Waals surface area contributed by atoms with Gasteiger partial charge in [-0.25, -0.2) is 9.13 Å². The van der Waals surface area contributed by atoms with Crippen LogP contribution in [-0.4, -0.2) is 96.7 Å². The minimum Gasteiger partial charge on any atom is -0.462 e. The summed E-state index contributed by atoms with van der Waals surface area (Å²) in [5.74, 6) is -0.589. The van der Waals surface area contributed by atoms with Crippen LogP contribution in [-0.2, 0) is 65.4 Å². The van der Waals surface area contributed by atoms with Gasteiger partial charge < -0.3 is 33.8 Å². The summed E-state index contributed by atoms with van der Waals surface area (Å²) in [4.78, 5) is 72.7. The third-order valence-electron chi connectivity index (χ3n) is 18.3. The molecular weight excluding hydrogens is 1260 g/mol. The lowest BCUT2D eigenvalue weighted by atomic mass is 10.00. The minimum atomic E-state index is -4.96. The Hall–Kier alpha value is -1.94. The average Bonchev–Trinajstić information content (AvgIpc) is 1.14. The number of rotatable bonds is 76. The molecule has 0 aromatic rings. The number of phosphoric acid groups is 2. The Balaban J connectivity index is 5.20. The van der Waals surface area contributed by atoms with Crippen molar-refractivity contribution >= 4 is 39.5 Å². The molecule has 0 aromatic carbocycles. The van der Waals surface area contributed by atoms with Crippen molar-refractivity contribution in [3.63, 3.8) is 0 Å². The van der Waals surface area contributed by atoms with Crippen LogP contribution in [0, 0.1) is 11.8 Å². The molecule has 3 N–H and O–H groups in total. The van der Waals surface area contributed by atoms with Crippen molar-refractivity contribution in [2.24, 2.45) is 11.8 Å². The van der Waals surface area contributed by atoms with E-state index in [2.05, 4.69) is 41.5 Å². The number of phosphoric ester groups is 2. The summed E-state index contributed by atoms with van der Waals surface area (Å²) in [5, 5.41) is 10.6. The van der Waals surface area contributed by atoms with E-state index in [1.165, 1.54) is 218 Å². The SMILES string of the molecule is CCCCCCCCCCCCCCCCCCCCC(=O)OC[C@H](COP(=O)(O)OC[C@@H](O)COP(=O)(O)OC[C@@H](COC(=O)CCCCCCCCCCC)OC(=O)CCCCCCCCC(C)CC)OC(=O)CCCCCCCCCCCCCCCCCCC(C)C. The molecule has 0 saturated carbocycles. The average molecular weight is 1410 g/mol. The monoisotopic (exact) mass is 1410 g/mol. The molecule has 0 rings (SSSR count). The predicted octanol–water partition coefficient (Wildman–Crippen LogP) is 22.7. The van der Waals surface area contributed by atoms with Gasteiger partial charge in [0.25, 0.3) is 0 Å². The highest BCUT2D eigenvalue weighted by molar-refractivity contribution is 7.47. The summed E-state index contributed by atoms with van der Waals surface area (Å²) >= 11 is 0. The second-order valence-corrected chi connectivity index (χ2v) is 31.4. The number of unbranched alkanes of at least 4 members (excludes halogenated alkanes) is 45. The van der Waals surface area contributed by atoms with Gasteiger partial charge in [-0.3, -0.25) is 37.3 Å². The van der Waals surface area contributed by atoms with E-state index in [1.54, 1.807) is 0 Å². The molecule has 0 spiro atoms. The topological polar surface area (TPSA) is 237 Å². The first-order chi connectivity index (χ1) is 46.4. The molecule has 96 heavy (non-hydrogen) atoms. The first-order valence-corrected chi connectivity index (χ1v) is 43.0. The Morgan fingerprint density at radius 3 is 0.792 bits per heavy atom. The van der Waals surface area contributed by atoms with Gasteiger partial charge in [0.2, 0.25) is 0 Å². The molecule has 0 saturated heterocycles. The van der Waals surface area contributed by atoms with Crippen molar-refractivity contribution in [2.45, 2.75) is 419 Å². The van der Waals surface area contributed by atoms with Gasteiger partial charge in [-0.2, -0.15) is 0 Å². The molecule has 0 amide bonds. The van der Waals surface area contributed by atoms with Crippen molar-refractivity contribution in [1.82, 2.24) is 0 Å². The van der Waals surface area contributed by atoms with Crippen molar-refractivity contribution in [2.75, 3.05) is 39.6 Å². The molecule has 0 aliphatic heterocycles. The van der Waals surface area contributed by atoms with Crippen LogP contribution in [0.3, 0.4) is 0 Å². The maximum atomic E-state index is 13.1. The van der Waals surface area contributed by atoms with E-state index in [-0.39, 0.29) is 25.7 Å². The largest absolute Gasteiger partial charge is 0.472 e. The second-order valence-electron chi connectivity index (χ2n) is 28.5. The van der Waals surface area contributed by atoms with Gasteiger partial charge in [-0.05, 0) is 37.5 Å². The van der Waals surface area contributed by atoms with Crippen molar-refractivity contribution in [1.29, 1.82) is 0 Å². The van der Waals surface area contributed by atoms with Crippen LogP contribution < -0.4 is 0 Å². The summed E-state index contributed by atoms with van der Waals surface area (Å²) in [6, 6.07) is 0. The number of aliphatic hydroxyl groups is 1. The zero-order valence-corrected chi connectivity index (χ0v) is 64.5. The highest BCUT2D eigenvalue weighted by atomic mass is 31.2. The molecule has 3 unspecified atom stereocenters. The summed E-state index contributed by atoms with van der Waals surface area (Å²) in [5.41, 5.74) is 0. The van der Waals surface area contributed by atoms with E-state index >= 15 is 0 Å². The van der Waals surface area contributed by atoms with Crippen LogP contribution in [0.4, 0.5) is 0 Å². The van der Waals surface area contributed by atoms with Gasteiger partial charge in [0.05, 0.1) is 26.4 Å². The van der Waals surface area contributed by atoms with Crippen LogP contribution in [0.15, 0.2) is 0 Å². The highest BCUT2D eigenvalue weighted by Gasteiger charge is 2.30. The van der Waals surface area contributed by atoms with Gasteiger partial charge in [-0.1, -0.05) is 350 Å². The molecule has 0 fully saturated rings. The van der Waals surface area contributed by atoms with Crippen molar-refractivity contribution in [3.8, 4) is 0 Å². The first kappa shape index (κ1) is 94.1. The number of hydrogen-bond donors (Lipinski definition) is 3. The van der Waals surface area contributed by atoms with Gasteiger partial charge in [-0.15, -0.1) is 0 Å². The maximum absolute atomic E-state index is 13.1. The molecule has 0 aliphatic carbocycles. The van der Waals surface area contributed by atoms with Crippen LogP contribution in [0.5, 0.6) is 0 Å². The fraction of sp³-hybridized carbons (Fsp3) is 0.948. The predicted molar refractivity (Wildman–Crippen MR) is 391 cm³/mol. The summed E-state index contributed by atoms with van der Waals surface area (Å²) in [7, 11) is -9.91. The third kappa shape index (κ3) is 69.2. The van der Waals surface area contributed by atoms with Gasteiger partial charge >= 0.3 is 39.5 Å². The van der Waals surface area contributed by atoms with Crippen LogP contribution in [0.2, 0.25) is 0 Å². The molecular formula is C77H150O17P2. The van der Waals surface area contributed by atoms with Crippen molar-refractivity contribution < 1.29 is 80.2 Å². The van der Waals surface area contributed by atoms with Crippen LogP contribution in [0.25, 0.3) is 0 Å². The zero-order valence-electron chi connectivity index (χ0n) is 62.7. The standard InChI is InChI=1S/C77H150O17P2/c1-7-10-12-14-16-18-19-20-21-22-23-27-30-33-37-41-48-54-60-75(80)88-65-72(93-76(81)61-55-49-42-38-34-31-28-25-24-26-29-32-36-39-45-51-57-69(4)5)67-91-95(83,84)89-63-71(78)64-90-96(85,86)92-68-73(66-87-74(79)59-53-47-40-35-17-15-13-11-8-2)94-77(82)62-56-50-44-43-46-52-58-70(6)9-3/h69-73,78H,7-68H2,1-6H3,(H,83,84)(H,85,86)/t70?,71-,72-,73-/m1/s1. The molecule has 570 valence electrons. The quantitative estimate of drug-likeness (QED) is 0.0222. The smallest absolute Gasteiger partial charge is 0.462 e. The Bertz CT molecular complexity index is 1860. The molecule has 6 atom stereocenters.